The van der Waals surface area contributed by atoms with Crippen molar-refractivity contribution in [2.45, 2.75) is 44.2 Å². The van der Waals surface area contributed by atoms with Crippen LogP contribution in [0.4, 0.5) is 0 Å². The third kappa shape index (κ3) is 3.45. The molecule has 2 heterocycles. The van der Waals surface area contributed by atoms with Crippen molar-refractivity contribution >= 4 is 15.7 Å². The summed E-state index contributed by atoms with van der Waals surface area (Å²) in [6.45, 7) is 0.986. The van der Waals surface area contributed by atoms with E-state index >= 15 is 0 Å². The summed E-state index contributed by atoms with van der Waals surface area (Å²) >= 11 is 0. The van der Waals surface area contributed by atoms with Crippen molar-refractivity contribution in [3.05, 3.63) is 0 Å². The van der Waals surface area contributed by atoms with Crippen molar-refractivity contribution in [3.8, 4) is 0 Å². The number of hydrogen-bond donors (Lipinski definition) is 1. The first kappa shape index (κ1) is 13.8. The Bertz CT molecular complexity index is 402. The fraction of sp³-hybridized carbons (Fsp3) is 0.917. The van der Waals surface area contributed by atoms with Crippen molar-refractivity contribution in [3.63, 3.8) is 0 Å². The molecule has 6 heteroatoms. The van der Waals surface area contributed by atoms with Gasteiger partial charge in [0.15, 0.2) is 9.84 Å². The van der Waals surface area contributed by atoms with Crippen LogP contribution in [0.1, 0.15) is 32.1 Å². The van der Waals surface area contributed by atoms with Crippen LogP contribution in [-0.4, -0.2) is 56.4 Å². The normalized spacial score (nSPS) is 31.2. The molecule has 2 aliphatic heterocycles. The summed E-state index contributed by atoms with van der Waals surface area (Å²) in [5.41, 5.74) is 0. The number of piperidine rings is 1. The molecule has 2 unspecified atom stereocenters. The van der Waals surface area contributed by atoms with Crippen LogP contribution in [0.25, 0.3) is 0 Å². The van der Waals surface area contributed by atoms with Crippen LogP contribution in [-0.2, 0) is 14.6 Å². The maximum atomic E-state index is 12.1. The zero-order valence-corrected chi connectivity index (χ0v) is 11.7. The number of nitrogens with one attached hydrogen (secondary N) is 1. The van der Waals surface area contributed by atoms with Gasteiger partial charge >= 0.3 is 0 Å². The van der Waals surface area contributed by atoms with Crippen molar-refractivity contribution in [1.82, 2.24) is 10.2 Å². The van der Waals surface area contributed by atoms with Crippen LogP contribution in [0.5, 0.6) is 0 Å². The molecule has 0 bridgehead atoms. The van der Waals surface area contributed by atoms with E-state index in [1.54, 1.807) is 11.9 Å². The van der Waals surface area contributed by atoms with Crippen LogP contribution in [0, 0.1) is 0 Å². The third-order valence-corrected chi connectivity index (χ3v) is 5.73. The van der Waals surface area contributed by atoms with Crippen LogP contribution >= 0.6 is 0 Å². The molecule has 0 saturated carbocycles. The van der Waals surface area contributed by atoms with E-state index in [-0.39, 0.29) is 29.5 Å². The molecule has 2 atom stereocenters. The Morgan fingerprint density at radius 1 is 1.33 bits per heavy atom. The third-order valence-electron chi connectivity index (χ3n) is 3.98. The van der Waals surface area contributed by atoms with Gasteiger partial charge in [0.2, 0.25) is 5.91 Å². The van der Waals surface area contributed by atoms with Gasteiger partial charge in [-0.05, 0) is 25.8 Å². The van der Waals surface area contributed by atoms with Crippen molar-refractivity contribution < 1.29 is 13.2 Å². The van der Waals surface area contributed by atoms with E-state index in [0.717, 1.165) is 13.0 Å². The molecule has 2 aliphatic rings. The predicted octanol–water partition coefficient (Wildman–Crippen LogP) is 0.164. The highest BCUT2D eigenvalue weighted by Crippen LogP contribution is 2.18. The fourth-order valence-corrected chi connectivity index (χ4v) is 4.51. The lowest BCUT2D eigenvalue weighted by Crippen LogP contribution is -2.43. The molecular formula is C12H22N2O3S. The van der Waals surface area contributed by atoms with Gasteiger partial charge in [-0.3, -0.25) is 4.79 Å². The smallest absolute Gasteiger partial charge is 0.224 e. The molecule has 18 heavy (non-hydrogen) atoms. The minimum Gasteiger partial charge on any atom is -0.342 e. The topological polar surface area (TPSA) is 66.5 Å². The molecule has 0 aliphatic carbocycles. The summed E-state index contributed by atoms with van der Waals surface area (Å²) in [4.78, 5) is 13.7. The maximum Gasteiger partial charge on any atom is 0.224 e. The van der Waals surface area contributed by atoms with Crippen LogP contribution in [0.2, 0.25) is 0 Å². The van der Waals surface area contributed by atoms with Gasteiger partial charge in [-0.25, -0.2) is 8.42 Å². The lowest BCUT2D eigenvalue weighted by Gasteiger charge is -2.28. The fourth-order valence-electron chi connectivity index (χ4n) is 2.74. The second-order valence-corrected chi connectivity index (χ2v) is 7.64. The van der Waals surface area contributed by atoms with Gasteiger partial charge in [-0.15, -0.1) is 0 Å². The average Bonchev–Trinajstić information content (AvgIpc) is 2.70. The minimum atomic E-state index is -2.92. The second kappa shape index (κ2) is 5.57. The summed E-state index contributed by atoms with van der Waals surface area (Å²) in [6.07, 6.45) is 4.48. The quantitative estimate of drug-likeness (QED) is 0.796. The summed E-state index contributed by atoms with van der Waals surface area (Å²) in [5, 5.41) is 3.35. The average molecular weight is 274 g/mol. The molecule has 104 valence electrons. The Hall–Kier alpha value is -0.620. The number of amides is 1. The Morgan fingerprint density at radius 2 is 2.11 bits per heavy atom. The van der Waals surface area contributed by atoms with Crippen LogP contribution < -0.4 is 5.32 Å². The molecule has 0 aromatic carbocycles. The van der Waals surface area contributed by atoms with Crippen molar-refractivity contribution in [1.29, 1.82) is 0 Å². The molecule has 0 radical (unpaired) electrons. The van der Waals surface area contributed by atoms with E-state index in [0.29, 0.717) is 12.8 Å². The number of rotatable bonds is 3. The van der Waals surface area contributed by atoms with E-state index < -0.39 is 9.84 Å². The lowest BCUT2D eigenvalue weighted by molar-refractivity contribution is -0.132. The first-order valence-electron chi connectivity index (χ1n) is 6.67. The van der Waals surface area contributed by atoms with E-state index in [9.17, 15) is 13.2 Å². The Labute approximate surface area is 109 Å². The molecule has 2 rings (SSSR count). The standard InChI is InChI=1S/C12H22N2O3S/c1-14(11-5-7-18(16,17)9-11)12(15)8-10-4-2-3-6-13-10/h10-11,13H,2-9H2,1H3. The van der Waals surface area contributed by atoms with Gasteiger partial charge in [0.05, 0.1) is 11.5 Å². The zero-order chi connectivity index (χ0) is 13.2. The number of sulfone groups is 1. The van der Waals surface area contributed by atoms with E-state index in [4.69, 9.17) is 0 Å². The molecule has 2 saturated heterocycles. The van der Waals surface area contributed by atoms with Gasteiger partial charge in [0.25, 0.3) is 0 Å². The highest BCUT2D eigenvalue weighted by atomic mass is 32.2. The molecule has 5 nitrogen and oxygen atoms in total. The van der Waals surface area contributed by atoms with Crippen molar-refractivity contribution in [2.24, 2.45) is 0 Å². The number of nitrogens with zero attached hydrogens (tertiary/aromatic N) is 1. The monoisotopic (exact) mass is 274 g/mol. The Balaban J connectivity index is 1.85. The molecular weight excluding hydrogens is 252 g/mol. The summed E-state index contributed by atoms with van der Waals surface area (Å²) < 4.78 is 22.8. The number of carbonyl (C=O) groups excluding carboxylic acids is 1. The summed E-state index contributed by atoms with van der Waals surface area (Å²) in [5.74, 6) is 0.418. The van der Waals surface area contributed by atoms with E-state index in [1.807, 2.05) is 0 Å². The number of hydrogen-bond acceptors (Lipinski definition) is 4. The highest BCUT2D eigenvalue weighted by Gasteiger charge is 2.33. The second-order valence-electron chi connectivity index (χ2n) is 5.41. The van der Waals surface area contributed by atoms with Crippen LogP contribution in [0.15, 0.2) is 0 Å². The van der Waals surface area contributed by atoms with Gasteiger partial charge < -0.3 is 10.2 Å². The molecule has 0 spiro atoms. The Morgan fingerprint density at radius 3 is 2.67 bits per heavy atom. The molecule has 1 N–H and O–H groups in total. The predicted molar refractivity (Wildman–Crippen MR) is 70.1 cm³/mol. The number of carbonyl (C=O) groups is 1. The summed E-state index contributed by atoms with van der Waals surface area (Å²) in [7, 11) is -1.18. The highest BCUT2D eigenvalue weighted by molar-refractivity contribution is 7.91. The zero-order valence-electron chi connectivity index (χ0n) is 10.9. The largest absolute Gasteiger partial charge is 0.342 e. The van der Waals surface area contributed by atoms with Crippen molar-refractivity contribution in [2.75, 3.05) is 25.1 Å². The van der Waals surface area contributed by atoms with Gasteiger partial charge in [0.1, 0.15) is 0 Å². The van der Waals surface area contributed by atoms with Gasteiger partial charge in [0, 0.05) is 25.6 Å². The maximum absolute atomic E-state index is 12.1. The molecule has 0 aromatic heterocycles. The van der Waals surface area contributed by atoms with Gasteiger partial charge in [-0.1, -0.05) is 6.42 Å². The van der Waals surface area contributed by atoms with E-state index in [2.05, 4.69) is 5.32 Å². The minimum absolute atomic E-state index is 0.0662. The SMILES string of the molecule is CN(C(=O)CC1CCCCN1)C1CCS(=O)(=O)C1. The van der Waals surface area contributed by atoms with Gasteiger partial charge in [-0.2, -0.15) is 0 Å². The Kier molecular flexibility index (Phi) is 4.27. The molecule has 2 fully saturated rings. The first-order chi connectivity index (χ1) is 8.48. The van der Waals surface area contributed by atoms with Crippen LogP contribution in [0.3, 0.4) is 0 Å². The summed E-state index contributed by atoms with van der Waals surface area (Å²) in [6, 6.07) is 0.151. The van der Waals surface area contributed by atoms with E-state index in [1.165, 1.54) is 12.8 Å². The molecule has 1 amide bonds. The lowest BCUT2D eigenvalue weighted by atomic mass is 10.0. The molecule has 0 aromatic rings. The first-order valence-corrected chi connectivity index (χ1v) is 8.49.